The molecule has 6 nitrogen and oxygen atoms in total. The number of amides is 1. The number of hydrogen-bond donors (Lipinski definition) is 2. The van der Waals surface area contributed by atoms with Gasteiger partial charge in [0.25, 0.3) is 0 Å². The molecule has 0 spiro atoms. The van der Waals surface area contributed by atoms with Crippen LogP contribution in [-0.4, -0.2) is 25.8 Å². The van der Waals surface area contributed by atoms with Crippen molar-refractivity contribution in [1.82, 2.24) is 19.9 Å². The van der Waals surface area contributed by atoms with E-state index < -0.39 is 0 Å². The molecule has 1 aromatic carbocycles. The second-order valence-electron chi connectivity index (χ2n) is 5.19. The Bertz CT molecular complexity index is 959. The van der Waals surface area contributed by atoms with Crippen LogP contribution >= 0.6 is 11.3 Å². The minimum absolute atomic E-state index is 0.160. The van der Waals surface area contributed by atoms with E-state index in [1.165, 1.54) is 11.3 Å². The highest BCUT2D eigenvalue weighted by Gasteiger charge is 2.11. The summed E-state index contributed by atoms with van der Waals surface area (Å²) in [5.41, 5.74) is 3.23. The molecule has 4 rings (SSSR count). The number of fused-ring (bicyclic) bond motifs is 1. The van der Waals surface area contributed by atoms with Crippen LogP contribution < -0.4 is 5.32 Å². The third kappa shape index (κ3) is 3.02. The minimum Gasteiger partial charge on any atom is -0.324 e. The Balaban J connectivity index is 1.45. The van der Waals surface area contributed by atoms with Gasteiger partial charge in [0.05, 0.1) is 28.8 Å². The number of benzene rings is 1. The van der Waals surface area contributed by atoms with Crippen LogP contribution in [0.1, 0.15) is 5.69 Å². The summed E-state index contributed by atoms with van der Waals surface area (Å²) in [5.74, 6) is 0.285. The molecule has 0 aliphatic heterocycles. The molecular weight excluding hydrogens is 322 g/mol. The zero-order chi connectivity index (χ0) is 16.4. The van der Waals surface area contributed by atoms with Crippen LogP contribution in [0, 0.1) is 0 Å². The molecule has 4 aromatic rings. The molecule has 0 radical (unpaired) electrons. The molecule has 24 heavy (non-hydrogen) atoms. The number of pyridine rings is 1. The smallest absolute Gasteiger partial charge is 0.232 e. The van der Waals surface area contributed by atoms with E-state index in [1.807, 2.05) is 47.8 Å². The minimum atomic E-state index is -0.160. The number of aromatic nitrogens is 4. The van der Waals surface area contributed by atoms with Crippen molar-refractivity contribution < 1.29 is 4.79 Å². The number of imidazole rings is 1. The van der Waals surface area contributed by atoms with Crippen LogP contribution in [0.5, 0.6) is 0 Å². The van der Waals surface area contributed by atoms with Crippen LogP contribution in [0.25, 0.3) is 21.7 Å². The Morgan fingerprint density at radius 3 is 2.83 bits per heavy atom. The van der Waals surface area contributed by atoms with Gasteiger partial charge in [-0.15, -0.1) is 11.3 Å². The van der Waals surface area contributed by atoms with Crippen molar-refractivity contribution >= 4 is 34.2 Å². The molecule has 0 fully saturated rings. The highest BCUT2D eigenvalue weighted by molar-refractivity contribution is 7.13. The van der Waals surface area contributed by atoms with Crippen molar-refractivity contribution in [1.29, 1.82) is 0 Å². The predicted molar refractivity (Wildman–Crippen MR) is 93.8 cm³/mol. The Hall–Kier alpha value is -3.06. The van der Waals surface area contributed by atoms with Crippen molar-refractivity contribution in [2.45, 2.75) is 6.42 Å². The summed E-state index contributed by atoms with van der Waals surface area (Å²) in [6.07, 6.45) is 1.92. The lowest BCUT2D eigenvalue weighted by Crippen LogP contribution is -2.15. The van der Waals surface area contributed by atoms with Gasteiger partial charge >= 0.3 is 0 Å². The predicted octanol–water partition coefficient (Wildman–Crippen LogP) is 3.26. The Labute approximate surface area is 141 Å². The zero-order valence-electron chi connectivity index (χ0n) is 12.6. The summed E-state index contributed by atoms with van der Waals surface area (Å²) >= 11 is 1.48. The highest BCUT2D eigenvalue weighted by Crippen LogP contribution is 2.21. The fourth-order valence-electron chi connectivity index (χ4n) is 2.35. The molecule has 0 saturated heterocycles. The third-order valence-corrected chi connectivity index (χ3v) is 4.34. The summed E-state index contributed by atoms with van der Waals surface area (Å²) in [6, 6.07) is 13.3. The fraction of sp³-hybridized carbons (Fsp3) is 0.0588. The molecule has 0 atom stereocenters. The molecule has 118 valence electrons. The number of carbonyl (C=O) groups excluding carboxylic acids is 1. The maximum Gasteiger partial charge on any atom is 0.232 e. The maximum absolute atomic E-state index is 12.2. The molecule has 3 aromatic heterocycles. The Kier molecular flexibility index (Phi) is 3.76. The highest BCUT2D eigenvalue weighted by atomic mass is 32.1. The van der Waals surface area contributed by atoms with Crippen molar-refractivity contribution in [3.8, 4) is 10.7 Å². The van der Waals surface area contributed by atoms with Crippen molar-refractivity contribution in [3.63, 3.8) is 0 Å². The molecule has 0 aliphatic carbocycles. The summed E-state index contributed by atoms with van der Waals surface area (Å²) in [6.45, 7) is 0. The SMILES string of the molecule is O=C(Cc1csc(-c2ccccn2)n1)Nc1nc2ccccc2[nH]1. The van der Waals surface area contributed by atoms with Gasteiger partial charge in [0.1, 0.15) is 5.01 Å². The van der Waals surface area contributed by atoms with Crippen LogP contribution in [0.4, 0.5) is 5.95 Å². The van der Waals surface area contributed by atoms with E-state index >= 15 is 0 Å². The number of hydrogen-bond acceptors (Lipinski definition) is 5. The first-order chi connectivity index (χ1) is 11.8. The molecule has 0 unspecified atom stereocenters. The number of aromatic amines is 1. The van der Waals surface area contributed by atoms with E-state index in [4.69, 9.17) is 0 Å². The van der Waals surface area contributed by atoms with E-state index in [9.17, 15) is 4.79 Å². The number of nitrogens with one attached hydrogen (secondary N) is 2. The first kappa shape index (κ1) is 14.5. The molecule has 3 heterocycles. The molecule has 1 amide bonds. The van der Waals surface area contributed by atoms with Crippen molar-refractivity contribution in [2.75, 3.05) is 5.32 Å². The van der Waals surface area contributed by atoms with Crippen molar-refractivity contribution in [3.05, 3.63) is 59.7 Å². The van der Waals surface area contributed by atoms with Crippen molar-refractivity contribution in [2.24, 2.45) is 0 Å². The summed E-state index contributed by atoms with van der Waals surface area (Å²) < 4.78 is 0. The van der Waals surface area contributed by atoms with E-state index in [-0.39, 0.29) is 12.3 Å². The number of nitrogens with zero attached hydrogens (tertiary/aromatic N) is 3. The van der Waals surface area contributed by atoms with Gasteiger partial charge in [0, 0.05) is 11.6 Å². The quantitative estimate of drug-likeness (QED) is 0.599. The zero-order valence-corrected chi connectivity index (χ0v) is 13.4. The average Bonchev–Trinajstić information content (AvgIpc) is 3.21. The summed E-state index contributed by atoms with van der Waals surface area (Å²) in [5, 5.41) is 5.46. The molecule has 0 saturated carbocycles. The second-order valence-corrected chi connectivity index (χ2v) is 6.04. The number of anilines is 1. The normalized spacial score (nSPS) is 10.8. The summed E-state index contributed by atoms with van der Waals surface area (Å²) in [7, 11) is 0. The van der Waals surface area contributed by atoms with E-state index in [2.05, 4.69) is 25.3 Å². The first-order valence-corrected chi connectivity index (χ1v) is 8.26. The monoisotopic (exact) mass is 335 g/mol. The third-order valence-electron chi connectivity index (χ3n) is 3.42. The molecule has 0 bridgehead atoms. The van der Waals surface area contributed by atoms with Gasteiger partial charge in [0.15, 0.2) is 0 Å². The standard InChI is InChI=1S/C17H13N5OS/c23-15(22-17-20-12-5-1-2-6-13(12)21-17)9-11-10-24-16(19-11)14-7-3-4-8-18-14/h1-8,10H,9H2,(H2,20,21,22,23). The lowest BCUT2D eigenvalue weighted by molar-refractivity contribution is -0.115. The Morgan fingerprint density at radius 1 is 1.12 bits per heavy atom. The topological polar surface area (TPSA) is 83.6 Å². The molecule has 0 aliphatic rings. The van der Waals surface area contributed by atoms with Crippen LogP contribution in [0.3, 0.4) is 0 Å². The van der Waals surface area contributed by atoms with E-state index in [0.717, 1.165) is 21.7 Å². The van der Waals surface area contributed by atoms with E-state index in [0.29, 0.717) is 11.6 Å². The van der Waals surface area contributed by atoms with Gasteiger partial charge in [-0.25, -0.2) is 9.97 Å². The van der Waals surface area contributed by atoms with Crippen LogP contribution in [0.15, 0.2) is 54.0 Å². The largest absolute Gasteiger partial charge is 0.324 e. The van der Waals surface area contributed by atoms with Crippen LogP contribution in [-0.2, 0) is 11.2 Å². The van der Waals surface area contributed by atoms with Gasteiger partial charge in [-0.05, 0) is 24.3 Å². The molecular formula is C17H13N5OS. The van der Waals surface area contributed by atoms with E-state index in [1.54, 1.807) is 6.20 Å². The Morgan fingerprint density at radius 2 is 2.00 bits per heavy atom. The maximum atomic E-state index is 12.2. The lowest BCUT2D eigenvalue weighted by Gasteiger charge is -1.99. The first-order valence-electron chi connectivity index (χ1n) is 7.38. The lowest BCUT2D eigenvalue weighted by atomic mass is 10.3. The number of thiazole rings is 1. The summed E-state index contributed by atoms with van der Waals surface area (Å²) in [4.78, 5) is 28.3. The fourth-order valence-corrected chi connectivity index (χ4v) is 3.14. The average molecular weight is 335 g/mol. The van der Waals surface area contributed by atoms with Gasteiger partial charge in [0.2, 0.25) is 11.9 Å². The molecule has 7 heteroatoms. The van der Waals surface area contributed by atoms with Gasteiger partial charge in [-0.1, -0.05) is 18.2 Å². The molecule has 2 N–H and O–H groups in total. The number of para-hydroxylation sites is 2. The second kappa shape index (κ2) is 6.21. The van der Waals surface area contributed by atoms with Gasteiger partial charge < -0.3 is 4.98 Å². The number of carbonyl (C=O) groups is 1. The van der Waals surface area contributed by atoms with Crippen LogP contribution in [0.2, 0.25) is 0 Å². The number of rotatable bonds is 4. The van der Waals surface area contributed by atoms with Gasteiger partial charge in [-0.2, -0.15) is 0 Å². The number of H-pyrrole nitrogens is 1. The van der Waals surface area contributed by atoms with Gasteiger partial charge in [-0.3, -0.25) is 15.1 Å².